The molecule has 2 aromatic rings. The van der Waals surface area contributed by atoms with Gasteiger partial charge in [-0.2, -0.15) is 0 Å². The van der Waals surface area contributed by atoms with Crippen molar-refractivity contribution in [3.05, 3.63) is 65.5 Å². The molecule has 23 heavy (non-hydrogen) atoms. The molecule has 0 spiro atoms. The Morgan fingerprint density at radius 3 is 2.22 bits per heavy atom. The molecule has 2 amide bonds. The van der Waals surface area contributed by atoms with E-state index in [1.807, 2.05) is 0 Å². The summed E-state index contributed by atoms with van der Waals surface area (Å²) in [7, 11) is 0. The molecular weight excluding hydrogens is 300 g/mol. The van der Waals surface area contributed by atoms with Crippen molar-refractivity contribution < 1.29 is 24.0 Å². The second-order valence-electron chi connectivity index (χ2n) is 4.76. The third-order valence-corrected chi connectivity index (χ3v) is 3.19. The number of hydrogen-bond donors (Lipinski definition) is 0. The van der Waals surface area contributed by atoms with Crippen LogP contribution < -0.4 is 0 Å². The Morgan fingerprint density at radius 1 is 1.00 bits per heavy atom. The Bertz CT molecular complexity index is 725. The topological polar surface area (TPSA) is 85.8 Å². The van der Waals surface area contributed by atoms with Crippen LogP contribution in [0, 0.1) is 0 Å². The van der Waals surface area contributed by atoms with Gasteiger partial charge in [0.15, 0.2) is 0 Å². The van der Waals surface area contributed by atoms with Crippen molar-refractivity contribution in [2.75, 3.05) is 6.61 Å². The number of imide groups is 1. The fourth-order valence-corrected chi connectivity index (χ4v) is 2.11. The summed E-state index contributed by atoms with van der Waals surface area (Å²) in [6.45, 7) is -0.185. The summed E-state index contributed by atoms with van der Waals surface area (Å²) in [6, 6.07) is 9.76. The molecule has 0 saturated heterocycles. The molecule has 116 valence electrons. The summed E-state index contributed by atoms with van der Waals surface area (Å²) in [6.07, 6.45) is 3.21. The molecule has 1 aromatic heterocycles. The maximum absolute atomic E-state index is 12.0. The molecule has 0 bridgehead atoms. The number of carbonyl (C=O) groups is 3. The lowest BCUT2D eigenvalue weighted by molar-refractivity contribution is -0.174. The van der Waals surface area contributed by atoms with Gasteiger partial charge in [-0.1, -0.05) is 17.2 Å². The number of aromatic nitrogens is 1. The van der Waals surface area contributed by atoms with Crippen LogP contribution in [0.25, 0.3) is 0 Å². The third kappa shape index (κ3) is 3.09. The number of amides is 2. The maximum Gasteiger partial charge on any atom is 0.358 e. The molecule has 7 heteroatoms. The molecule has 1 aromatic carbocycles. The molecule has 0 N–H and O–H groups in total. The Morgan fingerprint density at radius 2 is 1.61 bits per heavy atom. The minimum absolute atomic E-state index is 0.194. The van der Waals surface area contributed by atoms with E-state index in [0.717, 1.165) is 5.56 Å². The van der Waals surface area contributed by atoms with Gasteiger partial charge in [0.2, 0.25) is 0 Å². The van der Waals surface area contributed by atoms with Crippen LogP contribution in [0.1, 0.15) is 26.3 Å². The number of hydrogen-bond acceptors (Lipinski definition) is 6. The van der Waals surface area contributed by atoms with Crippen LogP contribution in [-0.2, 0) is 21.0 Å². The lowest BCUT2D eigenvalue weighted by atomic mass is 10.1. The van der Waals surface area contributed by atoms with E-state index in [1.165, 1.54) is 12.1 Å². The van der Waals surface area contributed by atoms with E-state index in [1.54, 1.807) is 36.7 Å². The number of pyridine rings is 1. The number of rotatable bonds is 5. The van der Waals surface area contributed by atoms with Crippen LogP contribution in [0.5, 0.6) is 0 Å². The molecule has 2 heterocycles. The summed E-state index contributed by atoms with van der Waals surface area (Å²) < 4.78 is 5.19. The van der Waals surface area contributed by atoms with Crippen LogP contribution in [0.15, 0.2) is 48.8 Å². The van der Waals surface area contributed by atoms with E-state index in [-0.39, 0.29) is 24.3 Å². The van der Waals surface area contributed by atoms with Gasteiger partial charge in [0.1, 0.15) is 6.61 Å². The van der Waals surface area contributed by atoms with E-state index in [4.69, 9.17) is 9.57 Å². The van der Waals surface area contributed by atoms with Gasteiger partial charge in [0.05, 0.1) is 17.7 Å². The van der Waals surface area contributed by atoms with Gasteiger partial charge in [-0.3, -0.25) is 14.6 Å². The van der Waals surface area contributed by atoms with E-state index in [0.29, 0.717) is 5.06 Å². The molecule has 3 rings (SSSR count). The van der Waals surface area contributed by atoms with Gasteiger partial charge in [-0.25, -0.2) is 4.79 Å². The maximum atomic E-state index is 12.0. The van der Waals surface area contributed by atoms with Gasteiger partial charge in [0, 0.05) is 12.4 Å². The summed E-state index contributed by atoms with van der Waals surface area (Å²) in [4.78, 5) is 44.4. The second kappa shape index (κ2) is 6.37. The van der Waals surface area contributed by atoms with Gasteiger partial charge < -0.3 is 9.57 Å². The fraction of sp³-hybridized carbons (Fsp3) is 0.125. The molecule has 1 aliphatic rings. The first kappa shape index (κ1) is 14.9. The molecule has 1 aliphatic heterocycles. The minimum atomic E-state index is -0.825. The van der Waals surface area contributed by atoms with Gasteiger partial charge in [-0.15, -0.1) is 0 Å². The smallest absolute Gasteiger partial charge is 0.358 e. The largest absolute Gasteiger partial charge is 0.365 e. The first-order chi connectivity index (χ1) is 11.2. The van der Waals surface area contributed by atoms with E-state index in [2.05, 4.69) is 4.98 Å². The molecule has 0 saturated carbocycles. The molecule has 0 fully saturated rings. The van der Waals surface area contributed by atoms with Crippen molar-refractivity contribution in [1.82, 2.24) is 10.0 Å². The van der Waals surface area contributed by atoms with Crippen molar-refractivity contribution in [3.8, 4) is 0 Å². The zero-order valence-electron chi connectivity index (χ0n) is 12.0. The van der Waals surface area contributed by atoms with E-state index >= 15 is 0 Å². The van der Waals surface area contributed by atoms with Crippen LogP contribution in [0.3, 0.4) is 0 Å². The summed E-state index contributed by atoms with van der Waals surface area (Å²) in [5, 5.41) is 0.461. The highest BCUT2D eigenvalue weighted by atomic mass is 16.7. The zero-order valence-corrected chi connectivity index (χ0v) is 12.0. The number of fused-ring (bicyclic) bond motifs is 1. The highest BCUT2D eigenvalue weighted by molar-refractivity contribution is 6.20. The molecule has 0 aliphatic carbocycles. The van der Waals surface area contributed by atoms with Crippen molar-refractivity contribution in [2.24, 2.45) is 0 Å². The first-order valence-corrected chi connectivity index (χ1v) is 6.82. The molecule has 0 atom stereocenters. The Kier molecular flexibility index (Phi) is 4.11. The first-order valence-electron chi connectivity index (χ1n) is 6.82. The van der Waals surface area contributed by atoms with Crippen LogP contribution in [0.2, 0.25) is 0 Å². The fourth-order valence-electron chi connectivity index (χ4n) is 2.11. The average molecular weight is 312 g/mol. The van der Waals surface area contributed by atoms with Crippen LogP contribution in [0.4, 0.5) is 0 Å². The van der Waals surface area contributed by atoms with Crippen molar-refractivity contribution in [3.63, 3.8) is 0 Å². The summed E-state index contributed by atoms with van der Waals surface area (Å²) >= 11 is 0. The number of hydroxylamine groups is 2. The zero-order chi connectivity index (χ0) is 16.2. The average Bonchev–Trinajstić information content (AvgIpc) is 2.81. The lowest BCUT2D eigenvalue weighted by Gasteiger charge is -2.12. The predicted molar refractivity (Wildman–Crippen MR) is 76.9 cm³/mol. The third-order valence-electron chi connectivity index (χ3n) is 3.19. The molecule has 0 unspecified atom stereocenters. The highest BCUT2D eigenvalue weighted by Crippen LogP contribution is 2.22. The number of nitrogens with zero attached hydrogens (tertiary/aromatic N) is 2. The Hall–Kier alpha value is -3.06. The number of ether oxygens (including phenoxy) is 1. The standard InChI is InChI=1S/C16H12N2O5/c19-14(10-22-9-11-5-7-17-8-6-11)23-18-15(20)12-3-1-2-4-13(12)16(18)21/h1-8H,9-10H2. The van der Waals surface area contributed by atoms with Crippen LogP contribution >= 0.6 is 0 Å². The normalized spacial score (nSPS) is 13.1. The van der Waals surface area contributed by atoms with Gasteiger partial charge >= 0.3 is 5.97 Å². The van der Waals surface area contributed by atoms with E-state index in [9.17, 15) is 14.4 Å². The Balaban J connectivity index is 1.55. The van der Waals surface area contributed by atoms with Crippen LogP contribution in [-0.4, -0.2) is 34.4 Å². The predicted octanol–water partition coefficient (Wildman–Crippen LogP) is 1.35. The van der Waals surface area contributed by atoms with Gasteiger partial charge in [0.25, 0.3) is 11.8 Å². The minimum Gasteiger partial charge on any atom is -0.365 e. The highest BCUT2D eigenvalue weighted by Gasteiger charge is 2.38. The summed E-state index contributed by atoms with van der Waals surface area (Å²) in [5.41, 5.74) is 1.26. The molecular formula is C16H12N2O5. The van der Waals surface area contributed by atoms with Crippen molar-refractivity contribution >= 4 is 17.8 Å². The van der Waals surface area contributed by atoms with Gasteiger partial charge in [-0.05, 0) is 29.8 Å². The lowest BCUT2D eigenvalue weighted by Crippen LogP contribution is -2.34. The molecule has 0 radical (unpaired) electrons. The number of carbonyl (C=O) groups excluding carboxylic acids is 3. The Labute approximate surface area is 131 Å². The van der Waals surface area contributed by atoms with E-state index < -0.39 is 17.8 Å². The quantitative estimate of drug-likeness (QED) is 0.775. The van der Waals surface area contributed by atoms with Crippen molar-refractivity contribution in [2.45, 2.75) is 6.61 Å². The molecule has 7 nitrogen and oxygen atoms in total. The second-order valence-corrected chi connectivity index (χ2v) is 4.76. The van der Waals surface area contributed by atoms with Crippen molar-refractivity contribution in [1.29, 1.82) is 0 Å². The summed E-state index contributed by atoms with van der Waals surface area (Å²) in [5.74, 6) is -2.14. The monoisotopic (exact) mass is 312 g/mol. The SMILES string of the molecule is O=C(COCc1ccncc1)ON1C(=O)c2ccccc2C1=O. The number of benzene rings is 1.